The number of hydrogen-bond acceptors (Lipinski definition) is 4. The Morgan fingerprint density at radius 2 is 1.74 bits per heavy atom. The van der Waals surface area contributed by atoms with Crippen LogP contribution in [0.25, 0.3) is 26.7 Å². The zero-order valence-corrected chi connectivity index (χ0v) is 19.2. The molecule has 4 aromatic rings. The smallest absolute Gasteiger partial charge is 0.134 e. The van der Waals surface area contributed by atoms with Gasteiger partial charge >= 0.3 is 0 Å². The Morgan fingerprint density at radius 3 is 2.39 bits per heavy atom. The molecule has 1 N–H and O–H groups in total. The highest BCUT2D eigenvalue weighted by molar-refractivity contribution is 7.18. The minimum atomic E-state index is -1.08. The van der Waals surface area contributed by atoms with E-state index in [0.717, 1.165) is 32.3 Å². The summed E-state index contributed by atoms with van der Waals surface area (Å²) in [6.07, 6.45) is 0.451. The van der Waals surface area contributed by atoms with Gasteiger partial charge in [0, 0.05) is 11.3 Å². The number of aromatic nitrogens is 2. The van der Waals surface area contributed by atoms with Crippen LogP contribution in [0.2, 0.25) is 5.02 Å². The maximum Gasteiger partial charge on any atom is 0.134 e. The number of rotatable bonds is 6. The van der Waals surface area contributed by atoms with E-state index in [1.807, 2.05) is 54.6 Å². The van der Waals surface area contributed by atoms with Crippen molar-refractivity contribution in [3.8, 4) is 26.7 Å². The van der Waals surface area contributed by atoms with Gasteiger partial charge in [0.25, 0.3) is 0 Å². The van der Waals surface area contributed by atoms with Crippen LogP contribution in [0.3, 0.4) is 0 Å². The largest absolute Gasteiger partial charge is 0.384 e. The molecule has 0 aliphatic carbocycles. The molecular weight excluding hydrogens is 428 g/mol. The molecule has 31 heavy (non-hydrogen) atoms. The van der Waals surface area contributed by atoms with Crippen LogP contribution in [0, 0.1) is 0 Å². The first-order chi connectivity index (χ1) is 14.7. The van der Waals surface area contributed by atoms with Crippen molar-refractivity contribution in [2.45, 2.75) is 32.8 Å². The molecule has 6 heteroatoms. The summed E-state index contributed by atoms with van der Waals surface area (Å²) < 4.78 is 1.79. The standard InChI is InChI=1S/C25H23ClN2O2S/c1-16(29)14-17-8-10-18(11-9-17)22-12-13-23(31-22)21-15-24(25(2,3)30)27-28(21)20-7-5-4-6-19(20)26/h4-13,15,30H,14H2,1-3H3. The van der Waals surface area contributed by atoms with Gasteiger partial charge in [0.15, 0.2) is 0 Å². The molecule has 0 radical (unpaired) electrons. The molecule has 4 rings (SSSR count). The molecule has 4 nitrogen and oxygen atoms in total. The molecule has 0 bridgehead atoms. The average Bonchev–Trinajstić information content (AvgIpc) is 3.35. The van der Waals surface area contributed by atoms with Crippen molar-refractivity contribution in [2.24, 2.45) is 0 Å². The van der Waals surface area contributed by atoms with E-state index in [9.17, 15) is 9.90 Å². The fraction of sp³-hybridized carbons (Fsp3) is 0.200. The number of hydrogen-bond donors (Lipinski definition) is 1. The Hall–Kier alpha value is -2.73. The Bertz CT molecular complexity index is 1230. The van der Waals surface area contributed by atoms with E-state index in [1.54, 1.807) is 36.8 Å². The molecule has 0 aliphatic heterocycles. The van der Waals surface area contributed by atoms with Gasteiger partial charge < -0.3 is 5.11 Å². The third-order valence-electron chi connectivity index (χ3n) is 4.97. The number of thiophene rings is 1. The van der Waals surface area contributed by atoms with Crippen LogP contribution < -0.4 is 0 Å². The van der Waals surface area contributed by atoms with Gasteiger partial charge in [-0.05, 0) is 62.2 Å². The van der Waals surface area contributed by atoms with Gasteiger partial charge in [0.2, 0.25) is 0 Å². The summed E-state index contributed by atoms with van der Waals surface area (Å²) in [6.45, 7) is 5.04. The van der Waals surface area contributed by atoms with E-state index in [0.29, 0.717) is 17.1 Å². The van der Waals surface area contributed by atoms with Gasteiger partial charge in [-0.3, -0.25) is 4.79 Å². The number of ketones is 1. The first kappa shape index (κ1) is 21.5. The van der Waals surface area contributed by atoms with E-state index >= 15 is 0 Å². The van der Waals surface area contributed by atoms with E-state index in [2.05, 4.69) is 17.2 Å². The molecule has 0 atom stereocenters. The first-order valence-electron chi connectivity index (χ1n) is 9.99. The molecule has 0 saturated carbocycles. The highest BCUT2D eigenvalue weighted by atomic mass is 35.5. The van der Waals surface area contributed by atoms with Crippen molar-refractivity contribution in [3.05, 3.63) is 83.0 Å². The predicted molar refractivity (Wildman–Crippen MR) is 127 cm³/mol. The molecule has 2 aromatic carbocycles. The minimum Gasteiger partial charge on any atom is -0.384 e. The summed E-state index contributed by atoms with van der Waals surface area (Å²) >= 11 is 8.09. The lowest BCUT2D eigenvalue weighted by atomic mass is 10.1. The number of para-hydroxylation sites is 1. The van der Waals surface area contributed by atoms with Crippen molar-refractivity contribution in [1.29, 1.82) is 0 Å². The highest BCUT2D eigenvalue weighted by Crippen LogP contribution is 2.38. The Kier molecular flexibility index (Phi) is 5.84. The SMILES string of the molecule is CC(=O)Cc1ccc(-c2ccc(-c3cc(C(C)(C)O)nn3-c3ccccc3Cl)s2)cc1. The molecule has 2 aromatic heterocycles. The van der Waals surface area contributed by atoms with Gasteiger partial charge in [-0.25, -0.2) is 4.68 Å². The van der Waals surface area contributed by atoms with Crippen LogP contribution in [-0.4, -0.2) is 20.7 Å². The number of Topliss-reactive ketones (excluding diaryl/α,β-unsaturated/α-hetero) is 1. The minimum absolute atomic E-state index is 0.154. The molecule has 0 saturated heterocycles. The Labute approximate surface area is 190 Å². The molecule has 158 valence electrons. The summed E-state index contributed by atoms with van der Waals surface area (Å²) in [6, 6.07) is 21.7. The predicted octanol–water partition coefficient (Wildman–Crippen LogP) is 6.28. The normalized spacial score (nSPS) is 11.6. The fourth-order valence-corrected chi connectivity index (χ4v) is 4.60. The van der Waals surface area contributed by atoms with Crippen molar-refractivity contribution in [1.82, 2.24) is 9.78 Å². The van der Waals surface area contributed by atoms with Crippen LogP contribution in [0.1, 0.15) is 32.0 Å². The van der Waals surface area contributed by atoms with Gasteiger partial charge in [-0.2, -0.15) is 5.10 Å². The van der Waals surface area contributed by atoms with Gasteiger partial charge in [0.1, 0.15) is 11.4 Å². The number of carbonyl (C=O) groups is 1. The van der Waals surface area contributed by atoms with E-state index in [1.165, 1.54) is 0 Å². The zero-order valence-electron chi connectivity index (χ0n) is 17.6. The van der Waals surface area contributed by atoms with Crippen molar-refractivity contribution >= 4 is 28.7 Å². The lowest BCUT2D eigenvalue weighted by molar-refractivity contribution is -0.116. The molecular formula is C25H23ClN2O2S. The molecule has 2 heterocycles. The summed E-state index contributed by atoms with van der Waals surface area (Å²) in [5.41, 5.74) is 3.24. The van der Waals surface area contributed by atoms with E-state index < -0.39 is 5.60 Å². The quantitative estimate of drug-likeness (QED) is 0.376. The van der Waals surface area contributed by atoms with Gasteiger partial charge in [-0.15, -0.1) is 11.3 Å². The molecule has 0 aliphatic rings. The Balaban J connectivity index is 1.75. The summed E-state index contributed by atoms with van der Waals surface area (Å²) in [5.74, 6) is 0.154. The van der Waals surface area contributed by atoms with E-state index in [-0.39, 0.29) is 5.78 Å². The van der Waals surface area contributed by atoms with E-state index in [4.69, 9.17) is 11.6 Å². The topological polar surface area (TPSA) is 55.1 Å². The van der Waals surface area contributed by atoms with Gasteiger partial charge in [-0.1, -0.05) is 48.0 Å². The monoisotopic (exact) mass is 450 g/mol. The summed E-state index contributed by atoms with van der Waals surface area (Å²) in [4.78, 5) is 13.5. The van der Waals surface area contributed by atoms with Crippen LogP contribution in [0.5, 0.6) is 0 Å². The van der Waals surface area contributed by atoms with Crippen molar-refractivity contribution in [3.63, 3.8) is 0 Å². The fourth-order valence-electron chi connectivity index (χ4n) is 3.37. The van der Waals surface area contributed by atoms with Crippen LogP contribution in [-0.2, 0) is 16.8 Å². The number of nitrogens with zero attached hydrogens (tertiary/aromatic N) is 2. The number of carbonyl (C=O) groups excluding carboxylic acids is 1. The second-order valence-electron chi connectivity index (χ2n) is 8.08. The number of halogens is 1. The number of aliphatic hydroxyl groups is 1. The second kappa shape index (κ2) is 8.42. The molecule has 0 unspecified atom stereocenters. The maximum atomic E-state index is 11.3. The first-order valence-corrected chi connectivity index (χ1v) is 11.2. The van der Waals surface area contributed by atoms with Gasteiger partial charge in [0.05, 0.1) is 27.0 Å². The van der Waals surface area contributed by atoms with Crippen molar-refractivity contribution < 1.29 is 9.90 Å². The van der Waals surface area contributed by atoms with Crippen molar-refractivity contribution in [2.75, 3.05) is 0 Å². The molecule has 0 spiro atoms. The lowest BCUT2D eigenvalue weighted by Gasteiger charge is -2.13. The Morgan fingerprint density at radius 1 is 1.06 bits per heavy atom. The lowest BCUT2D eigenvalue weighted by Crippen LogP contribution is -2.16. The average molecular weight is 451 g/mol. The molecule has 0 fully saturated rings. The number of benzene rings is 2. The third kappa shape index (κ3) is 4.64. The summed E-state index contributed by atoms with van der Waals surface area (Å²) in [7, 11) is 0. The summed E-state index contributed by atoms with van der Waals surface area (Å²) in [5, 5.41) is 15.8. The maximum absolute atomic E-state index is 11.3. The molecule has 0 amide bonds. The third-order valence-corrected chi connectivity index (χ3v) is 6.44. The zero-order chi connectivity index (χ0) is 22.2. The second-order valence-corrected chi connectivity index (χ2v) is 9.57. The van der Waals surface area contributed by atoms with Crippen LogP contribution in [0.15, 0.2) is 66.7 Å². The van der Waals surface area contributed by atoms with Crippen LogP contribution in [0.4, 0.5) is 0 Å². The highest BCUT2D eigenvalue weighted by Gasteiger charge is 2.24. The van der Waals surface area contributed by atoms with Crippen LogP contribution >= 0.6 is 22.9 Å².